The van der Waals surface area contributed by atoms with E-state index < -0.39 is 11.8 Å². The molecule has 0 saturated carbocycles. The molecule has 35 heavy (non-hydrogen) atoms. The molecule has 10 nitrogen and oxygen atoms in total. The number of anilines is 3. The maximum absolute atomic E-state index is 12.7. The van der Waals surface area contributed by atoms with E-state index in [1.807, 2.05) is 24.3 Å². The summed E-state index contributed by atoms with van der Waals surface area (Å²) < 4.78 is 0. The zero-order chi connectivity index (χ0) is 24.8. The number of fused-ring (bicyclic) bond motifs is 1. The lowest BCUT2D eigenvalue weighted by atomic mass is 10.0. The number of benzene rings is 2. The van der Waals surface area contributed by atoms with Gasteiger partial charge in [0, 0.05) is 22.8 Å². The minimum absolute atomic E-state index is 0.0579. The number of nitrogen functional groups attached to an aromatic ring is 1. The van der Waals surface area contributed by atoms with Crippen molar-refractivity contribution in [2.24, 2.45) is 0 Å². The number of nitrogens with two attached hydrogens (primary N) is 1. The maximum Gasteiger partial charge on any atom is 0.272 e. The minimum atomic E-state index is -0.618. The van der Waals surface area contributed by atoms with Crippen LogP contribution in [0.4, 0.5) is 17.1 Å². The smallest absolute Gasteiger partial charge is 0.272 e. The molecular weight excluding hydrogens is 446 g/mol. The third-order valence-corrected chi connectivity index (χ3v) is 4.97. The van der Waals surface area contributed by atoms with Gasteiger partial charge in [0.25, 0.3) is 5.91 Å². The zero-order valence-corrected chi connectivity index (χ0v) is 18.5. The summed E-state index contributed by atoms with van der Waals surface area (Å²) in [5.41, 5.74) is 7.66. The number of aromatic nitrogens is 3. The number of rotatable bonds is 7. The lowest BCUT2D eigenvalue weighted by molar-refractivity contribution is -0.115. The highest BCUT2D eigenvalue weighted by atomic mass is 16.2. The summed E-state index contributed by atoms with van der Waals surface area (Å²) in [7, 11) is 0. The molecule has 4 aromatic rings. The van der Waals surface area contributed by atoms with Crippen molar-refractivity contribution in [1.29, 1.82) is 0 Å². The summed E-state index contributed by atoms with van der Waals surface area (Å²) in [5.74, 6) is -1.12. The average molecular weight is 467 g/mol. The standard InChI is InChI=1S/C25H21N7O3/c1-2-21(33)31-20-7-3-5-15-8-9-16(11-18(15)20)24-28-13-19(26)23(32-24)25(35)29-14-22(34)30-17-6-4-10-27-12-17/h2-13H,1,14,26H2,(H,29,35)(H,30,34)(H,31,33). The number of carbonyl (C=O) groups is 3. The Labute approximate surface area is 200 Å². The molecule has 3 amide bonds. The molecule has 0 aliphatic carbocycles. The van der Waals surface area contributed by atoms with Crippen LogP contribution in [-0.4, -0.2) is 39.2 Å². The molecule has 5 N–H and O–H groups in total. The number of nitrogens with one attached hydrogen (secondary N) is 3. The average Bonchev–Trinajstić information content (AvgIpc) is 2.88. The highest BCUT2D eigenvalue weighted by Crippen LogP contribution is 2.28. The highest BCUT2D eigenvalue weighted by molar-refractivity contribution is 6.06. The van der Waals surface area contributed by atoms with E-state index in [0.717, 1.165) is 10.8 Å². The first kappa shape index (κ1) is 23.1. The third-order valence-electron chi connectivity index (χ3n) is 4.97. The van der Waals surface area contributed by atoms with E-state index in [9.17, 15) is 14.4 Å². The molecule has 0 fully saturated rings. The number of hydrogen-bond acceptors (Lipinski definition) is 7. The second-order valence-corrected chi connectivity index (χ2v) is 7.40. The molecular formula is C25H21N7O3. The molecule has 0 aliphatic heterocycles. The predicted molar refractivity (Wildman–Crippen MR) is 133 cm³/mol. The molecule has 0 aliphatic rings. The van der Waals surface area contributed by atoms with Crippen LogP contribution < -0.4 is 21.7 Å². The molecule has 0 unspecified atom stereocenters. The van der Waals surface area contributed by atoms with Gasteiger partial charge in [-0.15, -0.1) is 0 Å². The molecule has 10 heteroatoms. The lowest BCUT2D eigenvalue weighted by Gasteiger charge is -2.11. The van der Waals surface area contributed by atoms with E-state index in [1.165, 1.54) is 18.5 Å². The Bertz CT molecular complexity index is 1440. The summed E-state index contributed by atoms with van der Waals surface area (Å²) in [6.07, 6.45) is 5.60. The Kier molecular flexibility index (Phi) is 6.73. The van der Waals surface area contributed by atoms with Gasteiger partial charge in [0.2, 0.25) is 11.8 Å². The van der Waals surface area contributed by atoms with E-state index in [4.69, 9.17) is 5.73 Å². The van der Waals surface area contributed by atoms with Crippen molar-refractivity contribution < 1.29 is 14.4 Å². The Morgan fingerprint density at radius 1 is 1.03 bits per heavy atom. The van der Waals surface area contributed by atoms with Gasteiger partial charge in [-0.1, -0.05) is 30.8 Å². The summed E-state index contributed by atoms with van der Waals surface area (Å²) in [6, 6.07) is 14.3. The van der Waals surface area contributed by atoms with Crippen LogP contribution in [0.5, 0.6) is 0 Å². The highest BCUT2D eigenvalue weighted by Gasteiger charge is 2.16. The van der Waals surface area contributed by atoms with Crippen molar-refractivity contribution in [3.63, 3.8) is 0 Å². The number of amides is 3. The van der Waals surface area contributed by atoms with Gasteiger partial charge in [-0.3, -0.25) is 19.4 Å². The van der Waals surface area contributed by atoms with Crippen molar-refractivity contribution >= 4 is 45.6 Å². The van der Waals surface area contributed by atoms with Crippen molar-refractivity contribution in [1.82, 2.24) is 20.3 Å². The molecule has 2 aromatic heterocycles. The number of hydrogen-bond donors (Lipinski definition) is 4. The monoisotopic (exact) mass is 467 g/mol. The third kappa shape index (κ3) is 5.45. The molecule has 0 atom stereocenters. The molecule has 0 spiro atoms. The molecule has 4 rings (SSSR count). The summed E-state index contributed by atoms with van der Waals surface area (Å²) in [5, 5.41) is 9.56. The predicted octanol–water partition coefficient (Wildman–Crippen LogP) is 2.77. The van der Waals surface area contributed by atoms with E-state index in [1.54, 1.807) is 30.5 Å². The molecule has 0 bridgehead atoms. The summed E-state index contributed by atoms with van der Waals surface area (Å²) in [6.45, 7) is 3.19. The zero-order valence-electron chi connectivity index (χ0n) is 18.5. The van der Waals surface area contributed by atoms with Crippen LogP contribution >= 0.6 is 0 Å². The van der Waals surface area contributed by atoms with Gasteiger partial charge < -0.3 is 21.7 Å². The van der Waals surface area contributed by atoms with Crippen LogP contribution in [0.1, 0.15) is 10.5 Å². The van der Waals surface area contributed by atoms with Crippen LogP contribution in [0.2, 0.25) is 0 Å². The van der Waals surface area contributed by atoms with Crippen molar-refractivity contribution in [3.05, 3.63) is 85.5 Å². The summed E-state index contributed by atoms with van der Waals surface area (Å²) >= 11 is 0. The van der Waals surface area contributed by atoms with Gasteiger partial charge in [0.05, 0.1) is 30.3 Å². The Balaban J connectivity index is 1.55. The Hall–Kier alpha value is -5.12. The van der Waals surface area contributed by atoms with E-state index >= 15 is 0 Å². The first-order valence-corrected chi connectivity index (χ1v) is 10.5. The molecule has 0 radical (unpaired) electrons. The van der Waals surface area contributed by atoms with E-state index in [-0.39, 0.29) is 29.7 Å². The Morgan fingerprint density at radius 2 is 1.89 bits per heavy atom. The van der Waals surface area contributed by atoms with Crippen LogP contribution in [0.25, 0.3) is 22.2 Å². The fourth-order valence-electron chi connectivity index (χ4n) is 3.30. The number of pyridine rings is 1. The number of carbonyl (C=O) groups excluding carboxylic acids is 3. The fraction of sp³-hybridized carbons (Fsp3) is 0.0400. The van der Waals surface area contributed by atoms with Crippen molar-refractivity contribution in [3.8, 4) is 11.4 Å². The molecule has 0 saturated heterocycles. The maximum atomic E-state index is 12.7. The van der Waals surface area contributed by atoms with Gasteiger partial charge in [0.1, 0.15) is 0 Å². The van der Waals surface area contributed by atoms with Gasteiger partial charge in [-0.25, -0.2) is 9.97 Å². The molecule has 2 heterocycles. The second-order valence-electron chi connectivity index (χ2n) is 7.40. The van der Waals surface area contributed by atoms with E-state index in [0.29, 0.717) is 16.9 Å². The van der Waals surface area contributed by atoms with Crippen LogP contribution in [0.3, 0.4) is 0 Å². The topological polar surface area (TPSA) is 152 Å². The van der Waals surface area contributed by atoms with Gasteiger partial charge in [-0.2, -0.15) is 0 Å². The van der Waals surface area contributed by atoms with Crippen LogP contribution in [0, 0.1) is 0 Å². The second kappa shape index (κ2) is 10.2. The van der Waals surface area contributed by atoms with Gasteiger partial charge in [-0.05, 0) is 35.7 Å². The van der Waals surface area contributed by atoms with E-state index in [2.05, 4.69) is 37.5 Å². The first-order chi connectivity index (χ1) is 16.9. The largest absolute Gasteiger partial charge is 0.396 e. The van der Waals surface area contributed by atoms with Crippen molar-refractivity contribution in [2.75, 3.05) is 22.9 Å². The quantitative estimate of drug-likeness (QED) is 0.305. The van der Waals surface area contributed by atoms with Crippen molar-refractivity contribution in [2.45, 2.75) is 0 Å². The first-order valence-electron chi connectivity index (χ1n) is 10.5. The normalized spacial score (nSPS) is 10.4. The molecule has 2 aromatic carbocycles. The van der Waals surface area contributed by atoms with Crippen LogP contribution in [-0.2, 0) is 9.59 Å². The Morgan fingerprint density at radius 3 is 2.66 bits per heavy atom. The minimum Gasteiger partial charge on any atom is -0.396 e. The lowest BCUT2D eigenvalue weighted by Crippen LogP contribution is -2.33. The van der Waals surface area contributed by atoms with Gasteiger partial charge >= 0.3 is 0 Å². The SMILES string of the molecule is C=CC(=O)Nc1cccc2ccc(-c3ncc(N)c(C(=O)NCC(=O)Nc4cccnc4)n3)cc12. The fourth-order valence-corrected chi connectivity index (χ4v) is 3.30. The number of nitrogens with zero attached hydrogens (tertiary/aromatic N) is 3. The molecule has 174 valence electrons. The van der Waals surface area contributed by atoms with Gasteiger partial charge in [0.15, 0.2) is 11.5 Å². The van der Waals surface area contributed by atoms with Crippen LogP contribution in [0.15, 0.2) is 79.8 Å². The summed E-state index contributed by atoms with van der Waals surface area (Å²) in [4.78, 5) is 49.1.